The van der Waals surface area contributed by atoms with Gasteiger partial charge in [0.05, 0.1) is 0 Å². The van der Waals surface area contributed by atoms with Crippen LogP contribution in [0.25, 0.3) is 0 Å². The fourth-order valence-corrected chi connectivity index (χ4v) is 2.79. The Kier molecular flexibility index (Phi) is 3.10. The Labute approximate surface area is 97.1 Å². The van der Waals surface area contributed by atoms with Gasteiger partial charge < -0.3 is 15.4 Å². The van der Waals surface area contributed by atoms with E-state index in [1.807, 2.05) is 20.8 Å². The van der Waals surface area contributed by atoms with Gasteiger partial charge in [0.1, 0.15) is 5.60 Å². The van der Waals surface area contributed by atoms with E-state index in [2.05, 4.69) is 10.6 Å². The molecule has 1 saturated heterocycles. The van der Waals surface area contributed by atoms with Crippen molar-refractivity contribution in [2.45, 2.75) is 45.3 Å². The summed E-state index contributed by atoms with van der Waals surface area (Å²) >= 11 is 0. The molecule has 1 aliphatic heterocycles. The first kappa shape index (κ1) is 11.7. The molecule has 0 bridgehead atoms. The zero-order valence-electron chi connectivity index (χ0n) is 10.4. The van der Waals surface area contributed by atoms with Crippen LogP contribution < -0.4 is 10.6 Å². The van der Waals surface area contributed by atoms with E-state index in [9.17, 15) is 4.79 Å². The molecule has 1 saturated carbocycles. The van der Waals surface area contributed by atoms with E-state index in [1.165, 1.54) is 6.42 Å². The number of rotatable bonds is 1. The zero-order chi connectivity index (χ0) is 11.8. The summed E-state index contributed by atoms with van der Waals surface area (Å²) in [5, 5.41) is 6.39. The van der Waals surface area contributed by atoms with Crippen LogP contribution in [-0.2, 0) is 4.74 Å². The standard InChI is InChI=1S/C12H22N2O2/c1-12(2,3)16-11(15)14-10-5-4-8-6-13-7-9(8)10/h8-10,13H,4-7H2,1-3H3,(H,14,15)/t8-,9-,10+/m0/s1. The molecule has 0 unspecified atom stereocenters. The van der Waals surface area contributed by atoms with Crippen molar-refractivity contribution in [2.75, 3.05) is 13.1 Å². The molecule has 92 valence electrons. The minimum atomic E-state index is -0.407. The van der Waals surface area contributed by atoms with Gasteiger partial charge in [-0.15, -0.1) is 0 Å². The molecule has 2 rings (SSSR count). The van der Waals surface area contributed by atoms with E-state index in [0.717, 1.165) is 25.4 Å². The van der Waals surface area contributed by atoms with Gasteiger partial charge in [-0.3, -0.25) is 0 Å². The van der Waals surface area contributed by atoms with E-state index in [4.69, 9.17) is 4.74 Å². The summed E-state index contributed by atoms with van der Waals surface area (Å²) in [5.74, 6) is 1.35. The second-order valence-corrected chi connectivity index (χ2v) is 5.91. The summed E-state index contributed by atoms with van der Waals surface area (Å²) in [4.78, 5) is 11.6. The summed E-state index contributed by atoms with van der Waals surface area (Å²) in [6, 6.07) is 0.301. The SMILES string of the molecule is CC(C)(C)OC(=O)N[C@@H]1CC[C@H]2CNC[C@@H]21. The first-order valence-corrected chi connectivity index (χ1v) is 6.16. The number of ether oxygens (including phenoxy) is 1. The lowest BCUT2D eigenvalue weighted by Gasteiger charge is -2.24. The van der Waals surface area contributed by atoms with Gasteiger partial charge in [0.2, 0.25) is 0 Å². The highest BCUT2D eigenvalue weighted by molar-refractivity contribution is 5.68. The first-order chi connectivity index (χ1) is 7.46. The van der Waals surface area contributed by atoms with Crippen molar-refractivity contribution in [3.05, 3.63) is 0 Å². The third kappa shape index (κ3) is 2.67. The molecule has 0 radical (unpaired) electrons. The van der Waals surface area contributed by atoms with Crippen molar-refractivity contribution < 1.29 is 9.53 Å². The summed E-state index contributed by atoms with van der Waals surface area (Å²) < 4.78 is 5.28. The Morgan fingerprint density at radius 2 is 2.06 bits per heavy atom. The van der Waals surface area contributed by atoms with E-state index in [1.54, 1.807) is 0 Å². The fourth-order valence-electron chi connectivity index (χ4n) is 2.79. The van der Waals surface area contributed by atoms with E-state index in [0.29, 0.717) is 12.0 Å². The van der Waals surface area contributed by atoms with Crippen molar-refractivity contribution in [1.29, 1.82) is 0 Å². The average molecular weight is 226 g/mol. The molecular weight excluding hydrogens is 204 g/mol. The number of hydrogen-bond donors (Lipinski definition) is 2. The van der Waals surface area contributed by atoms with Gasteiger partial charge in [-0.05, 0) is 52.0 Å². The van der Waals surface area contributed by atoms with Crippen molar-refractivity contribution in [2.24, 2.45) is 11.8 Å². The number of carbonyl (C=O) groups is 1. The molecule has 0 spiro atoms. The lowest BCUT2D eigenvalue weighted by atomic mass is 9.98. The molecule has 4 heteroatoms. The molecule has 4 nitrogen and oxygen atoms in total. The van der Waals surface area contributed by atoms with Crippen molar-refractivity contribution in [3.8, 4) is 0 Å². The monoisotopic (exact) mass is 226 g/mol. The van der Waals surface area contributed by atoms with Crippen molar-refractivity contribution in [1.82, 2.24) is 10.6 Å². The van der Waals surface area contributed by atoms with Gasteiger partial charge in [0, 0.05) is 12.6 Å². The highest BCUT2D eigenvalue weighted by Crippen LogP contribution is 2.34. The largest absolute Gasteiger partial charge is 0.444 e. The lowest BCUT2D eigenvalue weighted by molar-refractivity contribution is 0.0493. The molecule has 2 aliphatic rings. The molecule has 2 fully saturated rings. The number of nitrogens with one attached hydrogen (secondary N) is 2. The van der Waals surface area contributed by atoms with Crippen LogP contribution in [0.4, 0.5) is 4.79 Å². The molecule has 1 heterocycles. The molecule has 0 aromatic heterocycles. The summed E-state index contributed by atoms with van der Waals surface area (Å²) in [6.45, 7) is 7.81. The van der Waals surface area contributed by atoms with E-state index < -0.39 is 5.60 Å². The maximum Gasteiger partial charge on any atom is 0.407 e. The smallest absolute Gasteiger partial charge is 0.407 e. The van der Waals surface area contributed by atoms with Crippen molar-refractivity contribution >= 4 is 6.09 Å². The number of alkyl carbamates (subject to hydrolysis) is 1. The van der Waals surface area contributed by atoms with Crippen LogP contribution in [0.2, 0.25) is 0 Å². The predicted molar refractivity (Wildman–Crippen MR) is 62.2 cm³/mol. The maximum absolute atomic E-state index is 11.6. The Morgan fingerprint density at radius 3 is 2.75 bits per heavy atom. The summed E-state index contributed by atoms with van der Waals surface area (Å²) in [6.07, 6.45) is 2.04. The van der Waals surface area contributed by atoms with Gasteiger partial charge in [-0.1, -0.05) is 0 Å². The number of amides is 1. The van der Waals surface area contributed by atoms with E-state index >= 15 is 0 Å². The van der Waals surface area contributed by atoms with Crippen molar-refractivity contribution in [3.63, 3.8) is 0 Å². The van der Waals surface area contributed by atoms with Gasteiger partial charge >= 0.3 is 6.09 Å². The second kappa shape index (κ2) is 4.24. The Balaban J connectivity index is 1.83. The molecule has 0 aromatic rings. The van der Waals surface area contributed by atoms with E-state index in [-0.39, 0.29) is 6.09 Å². The van der Waals surface area contributed by atoms with Gasteiger partial charge in [0.25, 0.3) is 0 Å². The Bertz CT molecular complexity index is 273. The summed E-state index contributed by atoms with van der Waals surface area (Å²) in [5.41, 5.74) is -0.407. The molecule has 1 aliphatic carbocycles. The van der Waals surface area contributed by atoms with Crippen LogP contribution in [0.5, 0.6) is 0 Å². The van der Waals surface area contributed by atoms with Crippen LogP contribution in [0.1, 0.15) is 33.6 Å². The van der Waals surface area contributed by atoms with Gasteiger partial charge in [0.15, 0.2) is 0 Å². The van der Waals surface area contributed by atoms with Crippen LogP contribution in [0.3, 0.4) is 0 Å². The molecule has 1 amide bonds. The van der Waals surface area contributed by atoms with Crippen LogP contribution in [0, 0.1) is 11.8 Å². The first-order valence-electron chi connectivity index (χ1n) is 6.16. The Hall–Kier alpha value is -0.770. The fraction of sp³-hybridized carbons (Fsp3) is 0.917. The van der Waals surface area contributed by atoms with Crippen LogP contribution >= 0.6 is 0 Å². The number of hydrogen-bond acceptors (Lipinski definition) is 3. The molecule has 3 atom stereocenters. The second-order valence-electron chi connectivity index (χ2n) is 5.91. The number of fused-ring (bicyclic) bond motifs is 1. The normalized spacial score (nSPS) is 33.6. The highest BCUT2D eigenvalue weighted by Gasteiger charge is 2.40. The average Bonchev–Trinajstić information content (AvgIpc) is 2.66. The Morgan fingerprint density at radius 1 is 1.31 bits per heavy atom. The topological polar surface area (TPSA) is 50.4 Å². The third-order valence-corrected chi connectivity index (χ3v) is 3.46. The number of carbonyl (C=O) groups excluding carboxylic acids is 1. The van der Waals surface area contributed by atoms with Gasteiger partial charge in [-0.25, -0.2) is 4.79 Å². The molecule has 16 heavy (non-hydrogen) atoms. The minimum absolute atomic E-state index is 0.273. The quantitative estimate of drug-likeness (QED) is 0.712. The zero-order valence-corrected chi connectivity index (χ0v) is 10.4. The summed E-state index contributed by atoms with van der Waals surface area (Å²) in [7, 11) is 0. The third-order valence-electron chi connectivity index (χ3n) is 3.46. The van der Waals surface area contributed by atoms with Crippen LogP contribution in [-0.4, -0.2) is 30.8 Å². The minimum Gasteiger partial charge on any atom is -0.444 e. The molecule has 0 aromatic carbocycles. The molecular formula is C12H22N2O2. The van der Waals surface area contributed by atoms with Crippen LogP contribution in [0.15, 0.2) is 0 Å². The predicted octanol–water partition coefficient (Wildman–Crippen LogP) is 1.51. The van der Waals surface area contributed by atoms with Gasteiger partial charge in [-0.2, -0.15) is 0 Å². The lowest BCUT2D eigenvalue weighted by Crippen LogP contribution is -2.42. The highest BCUT2D eigenvalue weighted by atomic mass is 16.6. The maximum atomic E-state index is 11.6. The molecule has 2 N–H and O–H groups in total.